The largest absolute Gasteiger partial charge is 0.386 e. The molecule has 1 radical (unpaired) electrons. The molecule has 0 rings (SSSR count). The second-order valence-electron chi connectivity index (χ2n) is 2.00. The molecule has 0 unspecified atom stereocenters. The van der Waals surface area contributed by atoms with Gasteiger partial charge < -0.3 is 0 Å². The molecular weight excluding hydrogens is 133 g/mol. The van der Waals surface area contributed by atoms with Crippen LogP contribution in [0, 0.1) is 0 Å². The fourth-order valence-corrected chi connectivity index (χ4v) is 1.20. The molecule has 0 aliphatic carbocycles. The fourth-order valence-electron chi connectivity index (χ4n) is 0.401. The lowest BCUT2D eigenvalue weighted by molar-refractivity contribution is -0.110. The van der Waals surface area contributed by atoms with Crippen molar-refractivity contribution in [3.05, 3.63) is 0 Å². The Morgan fingerprint density at radius 1 is 1.25 bits per heavy atom. The number of rotatable bonds is 1. The summed E-state index contributed by atoms with van der Waals surface area (Å²) in [4.78, 5) is 0. The van der Waals surface area contributed by atoms with E-state index in [2.05, 4.69) is 0 Å². The molecular formula is C4H8F3Si. The monoisotopic (exact) mass is 141 g/mol. The third-order valence-electron chi connectivity index (χ3n) is 0.554. The summed E-state index contributed by atoms with van der Waals surface area (Å²) in [6.07, 6.45) is -3.93. The molecule has 0 bridgehead atoms. The van der Waals surface area contributed by atoms with Crippen LogP contribution in [0.5, 0.6) is 0 Å². The van der Waals surface area contributed by atoms with Crippen molar-refractivity contribution in [2.24, 2.45) is 0 Å². The van der Waals surface area contributed by atoms with Gasteiger partial charge in [-0.1, -0.05) is 13.1 Å². The van der Waals surface area contributed by atoms with E-state index in [-0.39, 0.29) is 0 Å². The molecule has 0 nitrogen and oxygen atoms in total. The summed E-state index contributed by atoms with van der Waals surface area (Å²) in [6, 6.07) is -0.572. The standard InChI is InChI=1S/C4H8F3Si/c1-8(2)3-4(5,6)7/h3H2,1-2H3. The van der Waals surface area contributed by atoms with Gasteiger partial charge in [0.15, 0.2) is 0 Å². The van der Waals surface area contributed by atoms with E-state index >= 15 is 0 Å². The highest BCUT2D eigenvalue weighted by Gasteiger charge is 2.28. The van der Waals surface area contributed by atoms with Crippen LogP contribution < -0.4 is 0 Å². The van der Waals surface area contributed by atoms with E-state index in [0.29, 0.717) is 0 Å². The summed E-state index contributed by atoms with van der Waals surface area (Å²) in [5, 5.41) is 0. The molecule has 0 saturated carbocycles. The Labute approximate surface area is 48.3 Å². The van der Waals surface area contributed by atoms with E-state index in [1.807, 2.05) is 0 Å². The van der Waals surface area contributed by atoms with Crippen LogP contribution >= 0.6 is 0 Å². The summed E-state index contributed by atoms with van der Waals surface area (Å²) in [7, 11) is -1.12. The Morgan fingerprint density at radius 3 is 1.62 bits per heavy atom. The van der Waals surface area contributed by atoms with E-state index in [9.17, 15) is 13.2 Å². The Kier molecular flexibility index (Phi) is 2.53. The molecule has 49 valence electrons. The first-order valence-electron chi connectivity index (χ1n) is 2.27. The van der Waals surface area contributed by atoms with Crippen LogP contribution in [0.4, 0.5) is 13.2 Å². The highest BCUT2D eigenvalue weighted by Crippen LogP contribution is 2.21. The van der Waals surface area contributed by atoms with Gasteiger partial charge in [-0.3, -0.25) is 0 Å². The smallest absolute Gasteiger partial charge is 0.172 e. The molecule has 0 fully saturated rings. The van der Waals surface area contributed by atoms with Gasteiger partial charge in [-0.25, -0.2) is 0 Å². The molecule has 0 saturated heterocycles. The number of alkyl halides is 3. The van der Waals surface area contributed by atoms with Crippen LogP contribution in [0.3, 0.4) is 0 Å². The molecule has 8 heavy (non-hydrogen) atoms. The number of halogens is 3. The molecule has 0 aromatic heterocycles. The third kappa shape index (κ3) is 6.01. The van der Waals surface area contributed by atoms with Crippen molar-refractivity contribution in [1.82, 2.24) is 0 Å². The molecule has 0 spiro atoms. The zero-order chi connectivity index (χ0) is 6.78. The van der Waals surface area contributed by atoms with Crippen LogP contribution in [0.15, 0.2) is 0 Å². The summed E-state index contributed by atoms with van der Waals surface area (Å²) < 4.78 is 34.0. The maximum atomic E-state index is 11.3. The Morgan fingerprint density at radius 2 is 1.62 bits per heavy atom. The molecule has 0 aromatic rings. The predicted molar refractivity (Wildman–Crippen MR) is 28.3 cm³/mol. The van der Waals surface area contributed by atoms with E-state index < -0.39 is 21.0 Å². The van der Waals surface area contributed by atoms with Crippen LogP contribution in [-0.2, 0) is 0 Å². The normalized spacial score (nSPS) is 12.8. The second-order valence-corrected chi connectivity index (χ2v) is 4.77. The van der Waals surface area contributed by atoms with Crippen molar-refractivity contribution in [2.75, 3.05) is 0 Å². The van der Waals surface area contributed by atoms with Crippen molar-refractivity contribution in [3.63, 3.8) is 0 Å². The van der Waals surface area contributed by atoms with Gasteiger partial charge in [0.25, 0.3) is 0 Å². The molecule has 4 heteroatoms. The molecule has 0 aromatic carbocycles. The van der Waals surface area contributed by atoms with Crippen molar-refractivity contribution in [2.45, 2.75) is 25.3 Å². The molecule has 0 amide bonds. The van der Waals surface area contributed by atoms with E-state index in [0.717, 1.165) is 0 Å². The minimum absolute atomic E-state index is 0.572. The summed E-state index contributed by atoms with van der Waals surface area (Å²) in [5.41, 5.74) is 0. The summed E-state index contributed by atoms with van der Waals surface area (Å²) in [6.45, 7) is 3.30. The Bertz CT molecular complexity index is 66.2. The van der Waals surface area contributed by atoms with E-state index in [4.69, 9.17) is 0 Å². The van der Waals surface area contributed by atoms with E-state index in [1.165, 1.54) is 0 Å². The van der Waals surface area contributed by atoms with Gasteiger partial charge in [0.05, 0.1) is 8.80 Å². The molecule has 0 atom stereocenters. The van der Waals surface area contributed by atoms with Crippen molar-refractivity contribution < 1.29 is 13.2 Å². The van der Waals surface area contributed by atoms with Gasteiger partial charge in [-0.15, -0.1) is 0 Å². The van der Waals surface area contributed by atoms with Gasteiger partial charge in [-0.05, 0) is 0 Å². The van der Waals surface area contributed by atoms with E-state index in [1.54, 1.807) is 13.1 Å². The molecule has 0 aliphatic heterocycles. The first kappa shape index (κ1) is 8.01. The molecule has 0 aliphatic rings. The first-order chi connectivity index (χ1) is 3.42. The zero-order valence-corrected chi connectivity index (χ0v) is 5.84. The van der Waals surface area contributed by atoms with Crippen LogP contribution in [0.25, 0.3) is 0 Å². The van der Waals surface area contributed by atoms with Crippen LogP contribution in [0.1, 0.15) is 0 Å². The highest BCUT2D eigenvalue weighted by molar-refractivity contribution is 6.55. The van der Waals surface area contributed by atoms with Gasteiger partial charge in [0.1, 0.15) is 0 Å². The van der Waals surface area contributed by atoms with Gasteiger partial charge in [-0.2, -0.15) is 13.2 Å². The molecule has 0 N–H and O–H groups in total. The fraction of sp³-hybridized carbons (Fsp3) is 1.00. The van der Waals surface area contributed by atoms with Gasteiger partial charge in [0, 0.05) is 6.04 Å². The zero-order valence-electron chi connectivity index (χ0n) is 4.84. The number of hydrogen-bond acceptors (Lipinski definition) is 0. The van der Waals surface area contributed by atoms with Gasteiger partial charge >= 0.3 is 6.18 Å². The first-order valence-corrected chi connectivity index (χ1v) is 4.98. The highest BCUT2D eigenvalue weighted by atomic mass is 28.3. The average molecular weight is 141 g/mol. The maximum absolute atomic E-state index is 11.3. The maximum Gasteiger partial charge on any atom is 0.386 e. The van der Waals surface area contributed by atoms with Crippen LogP contribution in [0.2, 0.25) is 19.1 Å². The molecule has 0 heterocycles. The summed E-state index contributed by atoms with van der Waals surface area (Å²) >= 11 is 0. The SMILES string of the molecule is C[Si](C)CC(F)(F)F. The van der Waals surface area contributed by atoms with Gasteiger partial charge in [0.2, 0.25) is 0 Å². The van der Waals surface area contributed by atoms with Crippen molar-refractivity contribution in [1.29, 1.82) is 0 Å². The van der Waals surface area contributed by atoms with Crippen LogP contribution in [-0.4, -0.2) is 15.0 Å². The lowest BCUT2D eigenvalue weighted by Crippen LogP contribution is -2.15. The topological polar surface area (TPSA) is 0 Å². The minimum Gasteiger partial charge on any atom is -0.172 e. The third-order valence-corrected chi connectivity index (χ3v) is 1.66. The quantitative estimate of drug-likeness (QED) is 0.491. The predicted octanol–water partition coefficient (Wildman–Crippen LogP) is 2.30. The lowest BCUT2D eigenvalue weighted by Gasteiger charge is -2.05. The Balaban J connectivity index is 3.39. The summed E-state index contributed by atoms with van der Waals surface area (Å²) in [5.74, 6) is 0. The van der Waals surface area contributed by atoms with Crippen molar-refractivity contribution >= 4 is 8.80 Å². The minimum atomic E-state index is -3.93. The van der Waals surface area contributed by atoms with Crippen molar-refractivity contribution in [3.8, 4) is 0 Å². The lowest BCUT2D eigenvalue weighted by atomic mass is 10.8. The average Bonchev–Trinajstić information content (AvgIpc) is 1.21. The second kappa shape index (κ2) is 2.52. The Hall–Kier alpha value is 0.00688. The number of hydrogen-bond donors (Lipinski definition) is 0.